The van der Waals surface area contributed by atoms with Crippen LogP contribution in [0.25, 0.3) is 10.9 Å². The zero-order valence-corrected chi connectivity index (χ0v) is 17.1. The van der Waals surface area contributed by atoms with E-state index in [1.807, 2.05) is 37.0 Å². The van der Waals surface area contributed by atoms with Gasteiger partial charge in [0, 0.05) is 37.8 Å². The van der Waals surface area contributed by atoms with Crippen molar-refractivity contribution < 1.29 is 13.9 Å². The number of ether oxygens (including phenoxy) is 1. The van der Waals surface area contributed by atoms with Gasteiger partial charge in [0.25, 0.3) is 11.5 Å². The molecule has 4 rings (SSSR count). The summed E-state index contributed by atoms with van der Waals surface area (Å²) in [6.07, 6.45) is 4.86. The van der Waals surface area contributed by atoms with E-state index < -0.39 is 11.4 Å². The first-order valence-electron chi connectivity index (χ1n) is 10.2. The minimum Gasteiger partial charge on any atom is -0.380 e. The van der Waals surface area contributed by atoms with E-state index in [-0.39, 0.29) is 30.7 Å². The lowest BCUT2D eigenvalue weighted by Gasteiger charge is -2.36. The van der Waals surface area contributed by atoms with Crippen LogP contribution in [-0.2, 0) is 18.3 Å². The van der Waals surface area contributed by atoms with Gasteiger partial charge in [-0.1, -0.05) is 18.2 Å². The third-order valence-electron chi connectivity index (χ3n) is 5.69. The lowest BCUT2D eigenvalue weighted by atomic mass is 9.75. The average Bonchev–Trinajstić information content (AvgIpc) is 3.09. The molecule has 7 nitrogen and oxygen atoms in total. The number of pyridine rings is 1. The first-order chi connectivity index (χ1) is 14.5. The summed E-state index contributed by atoms with van der Waals surface area (Å²) in [5.74, 6) is -0.971. The normalized spacial score (nSPS) is 18.4. The van der Waals surface area contributed by atoms with Crippen LogP contribution in [0, 0.1) is 5.82 Å². The fourth-order valence-electron chi connectivity index (χ4n) is 4.05. The molecule has 8 heteroatoms. The Morgan fingerprint density at radius 3 is 2.93 bits per heavy atom. The first kappa shape index (κ1) is 20.3. The first-order valence-corrected chi connectivity index (χ1v) is 10.2. The molecule has 1 aliphatic rings. The van der Waals surface area contributed by atoms with E-state index in [0.29, 0.717) is 12.5 Å². The standard InChI is InChI=1S/C22H25FN4O3/c1-3-30-8-7-27-13-16(11-19(23)22(27)29)21(28)25-17-9-15(10-17)18-6-4-5-14-12-24-26(2)20(14)18/h4-6,11-13,15,17H,3,7-10H2,1-2H3,(H,25,28). The van der Waals surface area contributed by atoms with Gasteiger partial charge in [-0.3, -0.25) is 14.3 Å². The Bertz CT molecular complexity index is 1130. The number of aryl methyl sites for hydroxylation is 1. The van der Waals surface area contributed by atoms with Crippen LogP contribution >= 0.6 is 0 Å². The maximum atomic E-state index is 14.0. The van der Waals surface area contributed by atoms with Crippen LogP contribution in [0.2, 0.25) is 0 Å². The summed E-state index contributed by atoms with van der Waals surface area (Å²) < 4.78 is 22.3. The van der Waals surface area contributed by atoms with Crippen LogP contribution < -0.4 is 10.9 Å². The van der Waals surface area contributed by atoms with Crippen molar-refractivity contribution in [3.8, 4) is 0 Å². The molecule has 158 valence electrons. The molecule has 1 aliphatic carbocycles. The highest BCUT2D eigenvalue weighted by Crippen LogP contribution is 2.39. The fraction of sp³-hybridized carbons (Fsp3) is 0.409. The molecule has 0 saturated heterocycles. The van der Waals surface area contributed by atoms with E-state index in [9.17, 15) is 14.0 Å². The van der Waals surface area contributed by atoms with Crippen molar-refractivity contribution in [3.05, 3.63) is 64.0 Å². The van der Waals surface area contributed by atoms with Gasteiger partial charge in [0.2, 0.25) is 0 Å². The van der Waals surface area contributed by atoms with Gasteiger partial charge in [-0.25, -0.2) is 4.39 Å². The molecule has 3 aromatic rings. The van der Waals surface area contributed by atoms with Gasteiger partial charge < -0.3 is 14.6 Å². The molecule has 1 amide bonds. The molecule has 0 atom stereocenters. The zero-order chi connectivity index (χ0) is 21.3. The molecular weight excluding hydrogens is 387 g/mol. The van der Waals surface area contributed by atoms with Crippen molar-refractivity contribution >= 4 is 16.8 Å². The van der Waals surface area contributed by atoms with Crippen molar-refractivity contribution in [2.24, 2.45) is 7.05 Å². The van der Waals surface area contributed by atoms with Crippen LogP contribution in [0.4, 0.5) is 4.39 Å². The topological polar surface area (TPSA) is 78.2 Å². The maximum Gasteiger partial charge on any atom is 0.286 e. The fourth-order valence-corrected chi connectivity index (χ4v) is 4.05. The number of nitrogens with one attached hydrogen (secondary N) is 1. The molecule has 1 N–H and O–H groups in total. The minimum atomic E-state index is -0.937. The Morgan fingerprint density at radius 2 is 2.17 bits per heavy atom. The molecule has 1 fully saturated rings. The number of aromatic nitrogens is 3. The van der Waals surface area contributed by atoms with Gasteiger partial charge in [0.1, 0.15) is 0 Å². The van der Waals surface area contributed by atoms with E-state index >= 15 is 0 Å². The summed E-state index contributed by atoms with van der Waals surface area (Å²) in [6.45, 7) is 2.83. The van der Waals surface area contributed by atoms with Crippen molar-refractivity contribution in [2.45, 2.75) is 38.3 Å². The summed E-state index contributed by atoms with van der Waals surface area (Å²) >= 11 is 0. The Hall–Kier alpha value is -3.00. The number of halogens is 1. The van der Waals surface area contributed by atoms with Gasteiger partial charge >= 0.3 is 0 Å². The van der Waals surface area contributed by atoms with Crippen LogP contribution in [0.3, 0.4) is 0 Å². The van der Waals surface area contributed by atoms with Gasteiger partial charge in [-0.2, -0.15) is 5.10 Å². The maximum absolute atomic E-state index is 14.0. The minimum absolute atomic E-state index is 0.0119. The smallest absolute Gasteiger partial charge is 0.286 e. The number of para-hydroxylation sites is 1. The van der Waals surface area contributed by atoms with E-state index in [4.69, 9.17) is 4.74 Å². The van der Waals surface area contributed by atoms with Crippen molar-refractivity contribution in [1.82, 2.24) is 19.7 Å². The third-order valence-corrected chi connectivity index (χ3v) is 5.69. The quantitative estimate of drug-likeness (QED) is 0.605. The van der Waals surface area contributed by atoms with E-state index in [0.717, 1.165) is 29.8 Å². The number of hydrogen-bond acceptors (Lipinski definition) is 4. The largest absolute Gasteiger partial charge is 0.380 e. The molecule has 0 radical (unpaired) electrons. The number of carbonyl (C=O) groups is 1. The molecule has 2 aromatic heterocycles. The van der Waals surface area contributed by atoms with Gasteiger partial charge in [-0.15, -0.1) is 0 Å². The van der Waals surface area contributed by atoms with Crippen molar-refractivity contribution in [3.63, 3.8) is 0 Å². The molecule has 0 unspecified atom stereocenters. The lowest BCUT2D eigenvalue weighted by Crippen LogP contribution is -2.43. The number of nitrogens with zero attached hydrogens (tertiary/aromatic N) is 3. The van der Waals surface area contributed by atoms with Gasteiger partial charge in [0.15, 0.2) is 5.82 Å². The predicted octanol–water partition coefficient (Wildman–Crippen LogP) is 2.59. The van der Waals surface area contributed by atoms with Crippen LogP contribution in [0.15, 0.2) is 41.5 Å². The zero-order valence-electron chi connectivity index (χ0n) is 17.1. The second kappa shape index (κ2) is 8.39. The predicted molar refractivity (Wildman–Crippen MR) is 111 cm³/mol. The monoisotopic (exact) mass is 412 g/mol. The molecule has 30 heavy (non-hydrogen) atoms. The molecule has 0 bridgehead atoms. The van der Waals surface area contributed by atoms with Crippen LogP contribution in [0.5, 0.6) is 0 Å². The molecule has 0 spiro atoms. The Morgan fingerprint density at radius 1 is 1.37 bits per heavy atom. The summed E-state index contributed by atoms with van der Waals surface area (Å²) in [5, 5.41) is 8.39. The number of amides is 1. The average molecular weight is 412 g/mol. The summed E-state index contributed by atoms with van der Waals surface area (Å²) in [7, 11) is 1.93. The summed E-state index contributed by atoms with van der Waals surface area (Å²) in [5.41, 5.74) is 1.74. The summed E-state index contributed by atoms with van der Waals surface area (Å²) in [4.78, 5) is 24.6. The SMILES string of the molecule is CCOCCn1cc(C(=O)NC2CC(c3cccc4cnn(C)c34)C2)cc(F)c1=O. The van der Waals surface area contributed by atoms with Gasteiger partial charge in [-0.05, 0) is 37.3 Å². The van der Waals surface area contributed by atoms with E-state index in [1.54, 1.807) is 0 Å². The van der Waals surface area contributed by atoms with Crippen molar-refractivity contribution in [1.29, 1.82) is 0 Å². The molecule has 1 saturated carbocycles. The van der Waals surface area contributed by atoms with Crippen LogP contribution in [0.1, 0.15) is 41.6 Å². The molecular formula is C22H25FN4O3. The van der Waals surface area contributed by atoms with Crippen LogP contribution in [-0.4, -0.2) is 39.5 Å². The third kappa shape index (κ3) is 3.87. The Labute approximate surface area is 173 Å². The van der Waals surface area contributed by atoms with E-state index in [2.05, 4.69) is 16.5 Å². The second-order valence-electron chi connectivity index (χ2n) is 7.66. The number of carbonyl (C=O) groups excluding carboxylic acids is 1. The number of hydrogen-bond donors (Lipinski definition) is 1. The number of fused-ring (bicyclic) bond motifs is 1. The number of rotatable bonds is 7. The molecule has 1 aromatic carbocycles. The molecule has 2 heterocycles. The second-order valence-corrected chi connectivity index (χ2v) is 7.66. The number of benzene rings is 1. The molecule has 0 aliphatic heterocycles. The van der Waals surface area contributed by atoms with Gasteiger partial charge in [0.05, 0.1) is 23.9 Å². The highest BCUT2D eigenvalue weighted by Gasteiger charge is 2.33. The highest BCUT2D eigenvalue weighted by atomic mass is 19.1. The lowest BCUT2D eigenvalue weighted by molar-refractivity contribution is 0.0906. The highest BCUT2D eigenvalue weighted by molar-refractivity contribution is 5.94. The Balaban J connectivity index is 1.42. The van der Waals surface area contributed by atoms with E-state index in [1.165, 1.54) is 16.3 Å². The Kier molecular flexibility index (Phi) is 5.67. The summed E-state index contributed by atoms with van der Waals surface area (Å²) in [6, 6.07) is 7.19. The van der Waals surface area contributed by atoms with Crippen molar-refractivity contribution in [2.75, 3.05) is 13.2 Å².